The maximum absolute atomic E-state index is 12.9. The van der Waals surface area contributed by atoms with E-state index in [1.807, 2.05) is 0 Å². The second-order valence-corrected chi connectivity index (χ2v) is 7.39. The minimum atomic E-state index is -0.826. The molecule has 1 aliphatic rings. The number of imide groups is 2. The smallest absolute Gasteiger partial charge is 0.335 e. The van der Waals surface area contributed by atoms with Crippen LogP contribution < -0.4 is 19.7 Å². The van der Waals surface area contributed by atoms with E-state index in [1.165, 1.54) is 19.3 Å². The third-order valence-electron chi connectivity index (χ3n) is 4.09. The highest BCUT2D eigenvalue weighted by Gasteiger charge is 2.36. The third kappa shape index (κ3) is 4.39. The molecule has 1 fully saturated rings. The van der Waals surface area contributed by atoms with E-state index in [2.05, 4.69) is 27.8 Å². The van der Waals surface area contributed by atoms with Crippen LogP contribution in [-0.2, 0) is 9.59 Å². The number of benzene rings is 2. The molecule has 0 radical (unpaired) electrons. The lowest BCUT2D eigenvalue weighted by atomic mass is 10.1. The molecule has 0 saturated carbocycles. The molecule has 0 unspecified atom stereocenters. The van der Waals surface area contributed by atoms with Crippen molar-refractivity contribution in [2.75, 3.05) is 18.6 Å². The molecule has 7 nitrogen and oxygen atoms in total. The van der Waals surface area contributed by atoms with Gasteiger partial charge in [-0.3, -0.25) is 14.9 Å². The molecule has 1 saturated heterocycles. The quantitative estimate of drug-likeness (QED) is 0.369. The molecule has 4 amide bonds. The number of urea groups is 1. The van der Waals surface area contributed by atoms with Crippen molar-refractivity contribution in [3.8, 4) is 11.5 Å². The van der Waals surface area contributed by atoms with Gasteiger partial charge in [0.05, 0.1) is 17.8 Å². The van der Waals surface area contributed by atoms with Crippen LogP contribution in [0.3, 0.4) is 0 Å². The van der Waals surface area contributed by atoms with Gasteiger partial charge in [-0.15, -0.1) is 0 Å². The van der Waals surface area contributed by atoms with Crippen molar-refractivity contribution in [2.24, 2.45) is 0 Å². The van der Waals surface area contributed by atoms with Crippen molar-refractivity contribution in [3.63, 3.8) is 0 Å². The summed E-state index contributed by atoms with van der Waals surface area (Å²) in [4.78, 5) is 38.4. The summed E-state index contributed by atoms with van der Waals surface area (Å²) in [6.45, 7) is 3.80. The fraction of sp³-hybridized carbons (Fsp3) is 0.0952. The highest BCUT2D eigenvalue weighted by Crippen LogP contribution is 2.37. The Balaban J connectivity index is 2.01. The molecule has 30 heavy (non-hydrogen) atoms. The van der Waals surface area contributed by atoms with Gasteiger partial charge in [0.2, 0.25) is 0 Å². The van der Waals surface area contributed by atoms with Gasteiger partial charge in [0, 0.05) is 4.47 Å². The summed E-state index contributed by atoms with van der Waals surface area (Å²) in [6.07, 6.45) is 2.89. The third-order valence-corrected chi connectivity index (χ3v) is 4.90. The Hall–Kier alpha value is -3.10. The zero-order valence-corrected chi connectivity index (χ0v) is 18.1. The van der Waals surface area contributed by atoms with E-state index < -0.39 is 17.8 Å². The largest absolute Gasteiger partial charge is 0.493 e. The molecule has 1 N–H and O–H groups in total. The summed E-state index contributed by atoms with van der Waals surface area (Å²) in [5, 5.41) is 2.40. The molecule has 1 heterocycles. The molecular weight excluding hydrogens is 476 g/mol. The van der Waals surface area contributed by atoms with E-state index in [4.69, 9.17) is 21.1 Å². The van der Waals surface area contributed by atoms with Crippen molar-refractivity contribution in [2.45, 2.75) is 0 Å². The van der Waals surface area contributed by atoms with Crippen LogP contribution in [0.15, 0.2) is 59.1 Å². The molecule has 2 aromatic carbocycles. The second-order valence-electron chi connectivity index (χ2n) is 6.07. The SMILES string of the molecule is C=CCOc1c(Cl)cc(/C=C2\C(=O)NC(=O)N(c3ccc(Br)cc3)C2=O)cc1OC. The normalized spacial score (nSPS) is 15.2. The Kier molecular flexibility index (Phi) is 6.59. The zero-order chi connectivity index (χ0) is 21.8. The number of anilines is 1. The van der Waals surface area contributed by atoms with Gasteiger partial charge in [-0.2, -0.15) is 0 Å². The van der Waals surface area contributed by atoms with Gasteiger partial charge in [-0.05, 0) is 48.0 Å². The van der Waals surface area contributed by atoms with Crippen LogP contribution in [-0.4, -0.2) is 31.6 Å². The van der Waals surface area contributed by atoms with Crippen LogP contribution >= 0.6 is 27.5 Å². The zero-order valence-electron chi connectivity index (χ0n) is 15.8. The fourth-order valence-electron chi connectivity index (χ4n) is 2.75. The molecule has 3 rings (SSSR count). The number of ether oxygens (including phenoxy) is 2. The van der Waals surface area contributed by atoms with Gasteiger partial charge in [-0.25, -0.2) is 9.69 Å². The average Bonchev–Trinajstić information content (AvgIpc) is 2.71. The number of barbiturate groups is 1. The van der Waals surface area contributed by atoms with E-state index in [-0.39, 0.29) is 17.2 Å². The van der Waals surface area contributed by atoms with E-state index in [9.17, 15) is 14.4 Å². The van der Waals surface area contributed by atoms with E-state index >= 15 is 0 Å². The Morgan fingerprint density at radius 3 is 2.53 bits per heavy atom. The van der Waals surface area contributed by atoms with Crippen LogP contribution in [0.4, 0.5) is 10.5 Å². The van der Waals surface area contributed by atoms with Crippen molar-refractivity contribution in [3.05, 3.63) is 69.7 Å². The van der Waals surface area contributed by atoms with Crippen molar-refractivity contribution in [1.82, 2.24) is 5.32 Å². The second kappa shape index (κ2) is 9.15. The lowest BCUT2D eigenvalue weighted by molar-refractivity contribution is -0.122. The Bertz CT molecular complexity index is 1070. The maximum atomic E-state index is 12.9. The first-order chi connectivity index (χ1) is 14.3. The molecule has 0 aliphatic carbocycles. The predicted octanol–water partition coefficient (Wildman–Crippen LogP) is 4.34. The van der Waals surface area contributed by atoms with Crippen LogP contribution in [0.5, 0.6) is 11.5 Å². The molecule has 0 bridgehead atoms. The summed E-state index contributed by atoms with van der Waals surface area (Å²) in [6, 6.07) is 8.80. The summed E-state index contributed by atoms with van der Waals surface area (Å²) >= 11 is 9.58. The van der Waals surface area contributed by atoms with Crippen LogP contribution in [0.2, 0.25) is 5.02 Å². The van der Waals surface area contributed by atoms with Crippen molar-refractivity contribution < 1.29 is 23.9 Å². The molecule has 9 heteroatoms. The molecule has 1 aliphatic heterocycles. The highest BCUT2D eigenvalue weighted by atomic mass is 79.9. The van der Waals surface area contributed by atoms with Gasteiger partial charge in [0.1, 0.15) is 12.2 Å². The number of hydrogen-bond donors (Lipinski definition) is 1. The van der Waals surface area contributed by atoms with E-state index in [0.717, 1.165) is 9.37 Å². The van der Waals surface area contributed by atoms with Gasteiger partial charge >= 0.3 is 6.03 Å². The van der Waals surface area contributed by atoms with E-state index in [0.29, 0.717) is 22.7 Å². The molecule has 0 aromatic heterocycles. The predicted molar refractivity (Wildman–Crippen MR) is 117 cm³/mol. The standard InChI is InChI=1S/C21H16BrClN2O5/c1-3-8-30-18-16(23)10-12(11-17(18)29-2)9-15-19(26)24-21(28)25(20(15)27)14-6-4-13(22)5-7-14/h3-7,9-11H,1,8H2,2H3,(H,24,26,28)/b15-9+. The summed E-state index contributed by atoms with van der Waals surface area (Å²) in [5.74, 6) is -0.929. The summed E-state index contributed by atoms with van der Waals surface area (Å²) in [5.41, 5.74) is 0.518. The molecular formula is C21H16BrClN2O5. The van der Waals surface area contributed by atoms with Crippen LogP contribution in [0.25, 0.3) is 6.08 Å². The number of hydrogen-bond acceptors (Lipinski definition) is 5. The summed E-state index contributed by atoms with van der Waals surface area (Å²) in [7, 11) is 1.44. The Labute approximate surface area is 186 Å². The van der Waals surface area contributed by atoms with Crippen LogP contribution in [0.1, 0.15) is 5.56 Å². The average molecular weight is 492 g/mol. The van der Waals surface area contributed by atoms with Crippen molar-refractivity contribution >= 4 is 57.1 Å². The number of nitrogens with one attached hydrogen (secondary N) is 1. The first-order valence-corrected chi connectivity index (χ1v) is 9.81. The van der Waals surface area contributed by atoms with Gasteiger partial charge in [0.15, 0.2) is 11.5 Å². The minimum absolute atomic E-state index is 0.224. The molecule has 0 atom stereocenters. The van der Waals surface area contributed by atoms with Gasteiger partial charge in [0.25, 0.3) is 11.8 Å². The topological polar surface area (TPSA) is 84.9 Å². The fourth-order valence-corrected chi connectivity index (χ4v) is 3.29. The summed E-state index contributed by atoms with van der Waals surface area (Å²) < 4.78 is 11.6. The molecule has 154 valence electrons. The first kappa shape index (κ1) is 21.6. The minimum Gasteiger partial charge on any atom is -0.493 e. The number of carbonyl (C=O) groups excluding carboxylic acids is 3. The number of carbonyl (C=O) groups is 3. The first-order valence-electron chi connectivity index (χ1n) is 8.64. The van der Waals surface area contributed by atoms with Crippen molar-refractivity contribution in [1.29, 1.82) is 0 Å². The van der Waals surface area contributed by atoms with Gasteiger partial charge in [-0.1, -0.05) is 40.2 Å². The lowest BCUT2D eigenvalue weighted by Crippen LogP contribution is -2.54. The molecule has 2 aromatic rings. The Morgan fingerprint density at radius 1 is 1.20 bits per heavy atom. The monoisotopic (exact) mass is 490 g/mol. The van der Waals surface area contributed by atoms with Crippen LogP contribution in [0, 0.1) is 0 Å². The number of nitrogens with zero attached hydrogens (tertiary/aromatic N) is 1. The van der Waals surface area contributed by atoms with Gasteiger partial charge < -0.3 is 9.47 Å². The Morgan fingerprint density at radius 2 is 1.90 bits per heavy atom. The lowest BCUT2D eigenvalue weighted by Gasteiger charge is -2.26. The maximum Gasteiger partial charge on any atom is 0.335 e. The highest BCUT2D eigenvalue weighted by molar-refractivity contribution is 9.10. The number of halogens is 2. The number of rotatable bonds is 6. The number of amides is 4. The van der Waals surface area contributed by atoms with E-state index in [1.54, 1.807) is 36.4 Å². The number of methoxy groups -OCH3 is 1. The molecule has 0 spiro atoms.